The van der Waals surface area contributed by atoms with Crippen molar-refractivity contribution in [3.05, 3.63) is 18.0 Å². The van der Waals surface area contributed by atoms with Gasteiger partial charge in [-0.25, -0.2) is 0 Å². The van der Waals surface area contributed by atoms with Crippen LogP contribution in [0.3, 0.4) is 0 Å². The maximum Gasteiger partial charge on any atom is 0.183 e. The highest BCUT2D eigenvalue weighted by molar-refractivity contribution is 5.42. The van der Waals surface area contributed by atoms with Gasteiger partial charge in [-0.1, -0.05) is 0 Å². The first-order valence-corrected chi connectivity index (χ1v) is 5.91. The second-order valence-electron chi connectivity index (χ2n) is 4.74. The van der Waals surface area contributed by atoms with Crippen LogP contribution in [0.25, 0.3) is 0 Å². The molecule has 0 fully saturated rings. The summed E-state index contributed by atoms with van der Waals surface area (Å²) in [5.41, 5.74) is 0.362. The van der Waals surface area contributed by atoms with Gasteiger partial charge in [0.15, 0.2) is 11.5 Å². The van der Waals surface area contributed by atoms with Crippen LogP contribution in [0.15, 0.2) is 12.3 Å². The van der Waals surface area contributed by atoms with Crippen molar-refractivity contribution in [3.8, 4) is 11.5 Å². The molecule has 1 heterocycles. The van der Waals surface area contributed by atoms with Gasteiger partial charge in [0.05, 0.1) is 26.0 Å². The van der Waals surface area contributed by atoms with Crippen LogP contribution >= 0.6 is 0 Å². The standard InChI is InChI=1S/C13H22N2O3/c1-9(16)13(2,3)15-8-10-12(18-5)11(17-4)6-7-14-10/h6-7,9,15-16H,8H2,1-5H3. The first kappa shape index (κ1) is 14.7. The molecule has 1 aromatic rings. The average molecular weight is 254 g/mol. The molecule has 0 amide bonds. The van der Waals surface area contributed by atoms with Gasteiger partial charge in [-0.05, 0) is 20.8 Å². The summed E-state index contributed by atoms with van der Waals surface area (Å²) in [6.45, 7) is 6.12. The summed E-state index contributed by atoms with van der Waals surface area (Å²) < 4.78 is 10.5. The van der Waals surface area contributed by atoms with Crippen LogP contribution in [0, 0.1) is 0 Å². The quantitative estimate of drug-likeness (QED) is 0.802. The van der Waals surface area contributed by atoms with E-state index in [9.17, 15) is 5.11 Å². The Hall–Kier alpha value is -1.33. The van der Waals surface area contributed by atoms with Crippen LogP contribution in [0.1, 0.15) is 26.5 Å². The van der Waals surface area contributed by atoms with E-state index >= 15 is 0 Å². The summed E-state index contributed by atoms with van der Waals surface area (Å²) in [6.07, 6.45) is 1.21. The average Bonchev–Trinajstić information content (AvgIpc) is 2.35. The fourth-order valence-corrected chi connectivity index (χ4v) is 1.44. The fourth-order valence-electron chi connectivity index (χ4n) is 1.44. The molecule has 1 aromatic heterocycles. The molecule has 1 rings (SSSR count). The molecule has 5 nitrogen and oxygen atoms in total. The van der Waals surface area contributed by atoms with Gasteiger partial charge in [0, 0.05) is 24.3 Å². The molecule has 1 atom stereocenters. The summed E-state index contributed by atoms with van der Waals surface area (Å²) >= 11 is 0. The minimum atomic E-state index is -0.464. The Morgan fingerprint density at radius 2 is 2.06 bits per heavy atom. The number of methoxy groups -OCH3 is 2. The van der Waals surface area contributed by atoms with E-state index in [-0.39, 0.29) is 0 Å². The molecule has 0 bridgehead atoms. The Morgan fingerprint density at radius 1 is 1.39 bits per heavy atom. The van der Waals surface area contributed by atoms with Crippen molar-refractivity contribution in [2.45, 2.75) is 39.0 Å². The number of hydrogen-bond donors (Lipinski definition) is 2. The molecular formula is C13H22N2O3. The molecule has 0 saturated carbocycles. The van der Waals surface area contributed by atoms with Crippen LogP contribution < -0.4 is 14.8 Å². The molecule has 102 valence electrons. The number of nitrogens with one attached hydrogen (secondary N) is 1. The molecule has 0 radical (unpaired) electrons. The Morgan fingerprint density at radius 3 is 2.56 bits per heavy atom. The number of aromatic nitrogens is 1. The highest BCUT2D eigenvalue weighted by atomic mass is 16.5. The van der Waals surface area contributed by atoms with Crippen molar-refractivity contribution in [2.24, 2.45) is 0 Å². The van der Waals surface area contributed by atoms with E-state index in [4.69, 9.17) is 9.47 Å². The fraction of sp³-hybridized carbons (Fsp3) is 0.615. The first-order chi connectivity index (χ1) is 8.42. The third-order valence-corrected chi connectivity index (χ3v) is 3.12. The minimum Gasteiger partial charge on any atom is -0.493 e. The molecule has 0 aliphatic carbocycles. The van der Waals surface area contributed by atoms with Crippen molar-refractivity contribution in [3.63, 3.8) is 0 Å². The third-order valence-electron chi connectivity index (χ3n) is 3.12. The number of aliphatic hydroxyl groups is 1. The topological polar surface area (TPSA) is 63.6 Å². The maximum atomic E-state index is 9.65. The SMILES string of the molecule is COc1ccnc(CNC(C)(C)C(C)O)c1OC. The van der Waals surface area contributed by atoms with E-state index in [0.29, 0.717) is 18.0 Å². The number of hydrogen-bond acceptors (Lipinski definition) is 5. The van der Waals surface area contributed by atoms with E-state index < -0.39 is 11.6 Å². The normalized spacial score (nSPS) is 13.2. The van der Waals surface area contributed by atoms with Gasteiger partial charge in [-0.3, -0.25) is 4.98 Å². The summed E-state index contributed by atoms with van der Waals surface area (Å²) in [7, 11) is 3.18. The van der Waals surface area contributed by atoms with Crippen LogP contribution in [0.5, 0.6) is 11.5 Å². The van der Waals surface area contributed by atoms with Crippen molar-refractivity contribution in [2.75, 3.05) is 14.2 Å². The lowest BCUT2D eigenvalue weighted by atomic mass is 9.99. The monoisotopic (exact) mass is 254 g/mol. The van der Waals surface area contributed by atoms with E-state index in [2.05, 4.69) is 10.3 Å². The largest absolute Gasteiger partial charge is 0.493 e. The van der Waals surface area contributed by atoms with Crippen molar-refractivity contribution >= 4 is 0 Å². The molecule has 1 unspecified atom stereocenters. The van der Waals surface area contributed by atoms with E-state index in [1.165, 1.54) is 0 Å². The number of pyridine rings is 1. The van der Waals surface area contributed by atoms with Gasteiger partial charge in [-0.15, -0.1) is 0 Å². The molecular weight excluding hydrogens is 232 g/mol. The summed E-state index contributed by atoms with van der Waals surface area (Å²) in [4.78, 5) is 4.27. The summed E-state index contributed by atoms with van der Waals surface area (Å²) in [5.74, 6) is 1.27. The highest BCUT2D eigenvalue weighted by Gasteiger charge is 2.24. The minimum absolute atomic E-state index is 0.393. The zero-order chi connectivity index (χ0) is 13.8. The van der Waals surface area contributed by atoms with Gasteiger partial charge in [0.2, 0.25) is 0 Å². The van der Waals surface area contributed by atoms with E-state index in [1.54, 1.807) is 33.4 Å². The molecule has 5 heteroatoms. The van der Waals surface area contributed by atoms with Crippen LogP contribution in [0.4, 0.5) is 0 Å². The predicted octanol–water partition coefficient (Wildman–Crippen LogP) is 1.35. The first-order valence-electron chi connectivity index (χ1n) is 5.91. The van der Waals surface area contributed by atoms with Gasteiger partial charge in [0.25, 0.3) is 0 Å². The molecule has 0 aliphatic rings. The van der Waals surface area contributed by atoms with Crippen LogP contribution in [0.2, 0.25) is 0 Å². The Kier molecular flexibility index (Phi) is 4.93. The zero-order valence-electron chi connectivity index (χ0n) is 11.7. The zero-order valence-corrected chi connectivity index (χ0v) is 11.7. The molecule has 0 spiro atoms. The van der Waals surface area contributed by atoms with E-state index in [1.807, 2.05) is 13.8 Å². The summed E-state index contributed by atoms with van der Waals surface area (Å²) in [6, 6.07) is 1.75. The van der Waals surface area contributed by atoms with Crippen LogP contribution in [-0.2, 0) is 6.54 Å². The molecule has 18 heavy (non-hydrogen) atoms. The number of nitrogens with zero attached hydrogens (tertiary/aromatic N) is 1. The second kappa shape index (κ2) is 6.02. The Bertz CT molecular complexity index is 392. The Labute approximate surface area is 108 Å². The Balaban J connectivity index is 2.85. The van der Waals surface area contributed by atoms with Crippen molar-refractivity contribution < 1.29 is 14.6 Å². The lowest BCUT2D eigenvalue weighted by Crippen LogP contribution is -2.47. The molecule has 0 aliphatic heterocycles. The smallest absolute Gasteiger partial charge is 0.183 e. The maximum absolute atomic E-state index is 9.65. The second-order valence-corrected chi connectivity index (χ2v) is 4.74. The van der Waals surface area contributed by atoms with Crippen molar-refractivity contribution in [1.29, 1.82) is 0 Å². The van der Waals surface area contributed by atoms with Gasteiger partial charge >= 0.3 is 0 Å². The third kappa shape index (κ3) is 3.34. The lowest BCUT2D eigenvalue weighted by molar-refractivity contribution is 0.0952. The van der Waals surface area contributed by atoms with Gasteiger partial charge < -0.3 is 19.9 Å². The lowest BCUT2D eigenvalue weighted by Gasteiger charge is -2.29. The highest BCUT2D eigenvalue weighted by Crippen LogP contribution is 2.29. The molecule has 0 aromatic carbocycles. The number of ether oxygens (including phenoxy) is 2. The van der Waals surface area contributed by atoms with Gasteiger partial charge in [0.1, 0.15) is 0 Å². The predicted molar refractivity (Wildman–Crippen MR) is 69.9 cm³/mol. The molecule has 2 N–H and O–H groups in total. The van der Waals surface area contributed by atoms with Crippen molar-refractivity contribution in [1.82, 2.24) is 10.3 Å². The summed E-state index contributed by atoms with van der Waals surface area (Å²) in [5, 5.41) is 12.9. The van der Waals surface area contributed by atoms with Gasteiger partial charge in [-0.2, -0.15) is 0 Å². The van der Waals surface area contributed by atoms with Crippen LogP contribution in [-0.4, -0.2) is 36.0 Å². The molecule has 0 saturated heterocycles. The number of rotatable bonds is 6. The number of aliphatic hydroxyl groups excluding tert-OH is 1. The van der Waals surface area contributed by atoms with E-state index in [0.717, 1.165) is 5.69 Å².